The molecule has 26 heavy (non-hydrogen) atoms. The lowest BCUT2D eigenvalue weighted by Gasteiger charge is -2.34. The van der Waals surface area contributed by atoms with Crippen molar-refractivity contribution in [2.45, 2.75) is 18.4 Å². The summed E-state index contributed by atoms with van der Waals surface area (Å²) < 4.78 is 0. The molecule has 0 radical (unpaired) electrons. The number of likely N-dealkylation sites (N-methyl/N-ethyl adjacent to an activating group) is 1. The van der Waals surface area contributed by atoms with E-state index >= 15 is 0 Å². The molecule has 1 heterocycles. The number of hydrogen-bond donors (Lipinski definition) is 2. The number of nitrogens with one attached hydrogen (secondary N) is 1. The van der Waals surface area contributed by atoms with Gasteiger partial charge in [0.05, 0.1) is 0 Å². The van der Waals surface area contributed by atoms with E-state index in [0.29, 0.717) is 17.5 Å². The zero-order chi connectivity index (χ0) is 18.1. The van der Waals surface area contributed by atoms with Crippen molar-refractivity contribution in [3.05, 3.63) is 59.7 Å². The highest BCUT2D eigenvalue weighted by atomic mass is 16.1. The fourth-order valence-corrected chi connectivity index (χ4v) is 3.50. The van der Waals surface area contributed by atoms with Gasteiger partial charge in [-0.05, 0) is 55.4 Å². The quantitative estimate of drug-likeness (QED) is 0.889. The molecular weight excluding hydrogens is 324 g/mol. The number of rotatable bonds is 4. The molecule has 2 aromatic rings. The Hall–Kier alpha value is -2.37. The van der Waals surface area contributed by atoms with E-state index in [0.717, 1.165) is 38.3 Å². The molecule has 1 aliphatic heterocycles. The topological polar surface area (TPSA) is 61.6 Å². The summed E-state index contributed by atoms with van der Waals surface area (Å²) in [6.07, 6.45) is 1.06. The molecule has 4 rings (SSSR count). The molecule has 5 nitrogen and oxygen atoms in total. The average Bonchev–Trinajstić information content (AvgIpc) is 3.40. The minimum atomic E-state index is -0.0780. The highest BCUT2D eigenvalue weighted by molar-refractivity contribution is 6.04. The maximum absolute atomic E-state index is 12.5. The van der Waals surface area contributed by atoms with Crippen molar-refractivity contribution >= 4 is 17.3 Å². The summed E-state index contributed by atoms with van der Waals surface area (Å²) >= 11 is 0. The summed E-state index contributed by atoms with van der Waals surface area (Å²) in [5.41, 5.74) is 9.82. The van der Waals surface area contributed by atoms with Gasteiger partial charge in [0, 0.05) is 55.1 Å². The van der Waals surface area contributed by atoms with Gasteiger partial charge in [-0.3, -0.25) is 4.79 Å². The minimum Gasteiger partial charge on any atom is -0.369 e. The van der Waals surface area contributed by atoms with E-state index in [1.165, 1.54) is 11.3 Å². The Morgan fingerprint density at radius 2 is 1.62 bits per heavy atom. The molecule has 1 amide bonds. The number of amides is 1. The number of piperazine rings is 1. The first-order valence-electron chi connectivity index (χ1n) is 9.30. The Morgan fingerprint density at radius 3 is 2.19 bits per heavy atom. The van der Waals surface area contributed by atoms with Crippen molar-refractivity contribution in [2.24, 2.45) is 5.73 Å². The third kappa shape index (κ3) is 3.74. The largest absolute Gasteiger partial charge is 0.369 e. The molecule has 2 fully saturated rings. The van der Waals surface area contributed by atoms with Gasteiger partial charge in [-0.2, -0.15) is 0 Å². The van der Waals surface area contributed by atoms with Crippen molar-refractivity contribution < 1.29 is 4.79 Å². The first kappa shape index (κ1) is 17.1. The van der Waals surface area contributed by atoms with E-state index in [1.54, 1.807) is 0 Å². The molecule has 0 spiro atoms. The summed E-state index contributed by atoms with van der Waals surface area (Å²) in [4.78, 5) is 17.2. The van der Waals surface area contributed by atoms with Gasteiger partial charge in [-0.15, -0.1) is 0 Å². The summed E-state index contributed by atoms with van der Waals surface area (Å²) in [5, 5.41) is 2.97. The molecular formula is C21H26N4O. The smallest absolute Gasteiger partial charge is 0.255 e. The van der Waals surface area contributed by atoms with Crippen LogP contribution in [0.25, 0.3) is 0 Å². The fourth-order valence-electron chi connectivity index (χ4n) is 3.50. The van der Waals surface area contributed by atoms with Crippen molar-refractivity contribution in [1.29, 1.82) is 0 Å². The van der Waals surface area contributed by atoms with Crippen molar-refractivity contribution in [3.8, 4) is 0 Å². The van der Waals surface area contributed by atoms with Gasteiger partial charge in [-0.25, -0.2) is 0 Å². The van der Waals surface area contributed by atoms with Crippen LogP contribution in [-0.2, 0) is 0 Å². The van der Waals surface area contributed by atoms with Gasteiger partial charge in [0.25, 0.3) is 5.91 Å². The number of carbonyl (C=O) groups is 1. The zero-order valence-electron chi connectivity index (χ0n) is 15.2. The number of nitrogens with two attached hydrogens (primary N) is 1. The Balaban J connectivity index is 1.37. The lowest BCUT2D eigenvalue weighted by Crippen LogP contribution is -2.44. The molecule has 0 bridgehead atoms. The zero-order valence-corrected chi connectivity index (χ0v) is 15.2. The Bertz CT molecular complexity index is 764. The standard InChI is InChI=1S/C21H26N4O/c1-24-10-12-25(13-11-24)18-8-4-16(5-9-18)21(26)23-17-6-2-15(3-7-17)19-14-20(19)22/h2-9,19-20H,10-14,22H2,1H3,(H,23,26)/t19-,20+/m1/s1. The molecule has 136 valence electrons. The van der Waals surface area contributed by atoms with Crippen LogP contribution < -0.4 is 16.0 Å². The van der Waals surface area contributed by atoms with Gasteiger partial charge in [0.15, 0.2) is 0 Å². The van der Waals surface area contributed by atoms with Gasteiger partial charge in [0.2, 0.25) is 0 Å². The highest BCUT2D eigenvalue weighted by Gasteiger charge is 2.34. The summed E-state index contributed by atoms with van der Waals surface area (Å²) in [6.45, 7) is 4.20. The van der Waals surface area contributed by atoms with Crippen LogP contribution in [0.5, 0.6) is 0 Å². The fraction of sp³-hybridized carbons (Fsp3) is 0.381. The van der Waals surface area contributed by atoms with Crippen LogP contribution in [0, 0.1) is 0 Å². The van der Waals surface area contributed by atoms with Crippen molar-refractivity contribution in [2.75, 3.05) is 43.4 Å². The second kappa shape index (κ2) is 7.09. The van der Waals surface area contributed by atoms with Gasteiger partial charge in [-0.1, -0.05) is 12.1 Å². The molecule has 0 unspecified atom stereocenters. The first-order valence-corrected chi connectivity index (χ1v) is 9.30. The van der Waals surface area contributed by atoms with E-state index in [2.05, 4.69) is 34.3 Å². The Kier molecular flexibility index (Phi) is 4.66. The third-order valence-electron chi connectivity index (χ3n) is 5.43. The number of nitrogens with zero attached hydrogens (tertiary/aromatic N) is 2. The molecule has 2 aliphatic rings. The summed E-state index contributed by atoms with van der Waals surface area (Å²) in [5.74, 6) is 0.410. The lowest BCUT2D eigenvalue weighted by atomic mass is 10.1. The maximum Gasteiger partial charge on any atom is 0.255 e. The van der Waals surface area contributed by atoms with E-state index in [9.17, 15) is 4.79 Å². The normalized spacial score (nSPS) is 22.9. The lowest BCUT2D eigenvalue weighted by molar-refractivity contribution is 0.102. The van der Waals surface area contributed by atoms with Gasteiger partial charge < -0.3 is 20.9 Å². The van der Waals surface area contributed by atoms with Crippen LogP contribution in [0.3, 0.4) is 0 Å². The molecule has 2 atom stereocenters. The predicted molar refractivity (Wildman–Crippen MR) is 106 cm³/mol. The molecule has 2 aromatic carbocycles. The van der Waals surface area contributed by atoms with E-state index in [1.807, 2.05) is 36.4 Å². The van der Waals surface area contributed by atoms with Crippen LogP contribution >= 0.6 is 0 Å². The molecule has 3 N–H and O–H groups in total. The van der Waals surface area contributed by atoms with Crippen molar-refractivity contribution in [3.63, 3.8) is 0 Å². The van der Waals surface area contributed by atoms with Gasteiger partial charge >= 0.3 is 0 Å². The first-order chi connectivity index (χ1) is 12.6. The number of anilines is 2. The SMILES string of the molecule is CN1CCN(c2ccc(C(=O)Nc3ccc([C@H]4C[C@@H]4N)cc3)cc2)CC1. The van der Waals surface area contributed by atoms with Crippen LogP contribution in [0.4, 0.5) is 11.4 Å². The monoisotopic (exact) mass is 350 g/mol. The molecule has 5 heteroatoms. The van der Waals surface area contributed by atoms with E-state index < -0.39 is 0 Å². The molecule has 0 aromatic heterocycles. The van der Waals surface area contributed by atoms with E-state index in [-0.39, 0.29) is 5.91 Å². The van der Waals surface area contributed by atoms with Crippen LogP contribution in [0.15, 0.2) is 48.5 Å². The minimum absolute atomic E-state index is 0.0780. The van der Waals surface area contributed by atoms with Crippen LogP contribution in [0.1, 0.15) is 28.3 Å². The summed E-state index contributed by atoms with van der Waals surface area (Å²) in [7, 11) is 2.15. The maximum atomic E-state index is 12.5. The summed E-state index contributed by atoms with van der Waals surface area (Å²) in [6, 6.07) is 16.2. The number of hydrogen-bond acceptors (Lipinski definition) is 4. The van der Waals surface area contributed by atoms with Crippen molar-refractivity contribution in [1.82, 2.24) is 4.90 Å². The highest BCUT2D eigenvalue weighted by Crippen LogP contribution is 2.39. The number of benzene rings is 2. The van der Waals surface area contributed by atoms with Crippen LogP contribution in [-0.4, -0.2) is 50.1 Å². The second-order valence-electron chi connectivity index (χ2n) is 7.42. The molecule has 1 saturated carbocycles. The Labute approximate surface area is 154 Å². The predicted octanol–water partition coefficient (Wildman–Crippen LogP) is 2.51. The third-order valence-corrected chi connectivity index (χ3v) is 5.43. The van der Waals surface area contributed by atoms with Gasteiger partial charge in [0.1, 0.15) is 0 Å². The molecule has 1 saturated heterocycles. The second-order valence-corrected chi connectivity index (χ2v) is 7.42. The Morgan fingerprint density at radius 1 is 1.00 bits per heavy atom. The molecule has 1 aliphatic carbocycles. The average molecular weight is 350 g/mol. The number of carbonyl (C=O) groups excluding carboxylic acids is 1. The van der Waals surface area contributed by atoms with Crippen LogP contribution in [0.2, 0.25) is 0 Å². The van der Waals surface area contributed by atoms with E-state index in [4.69, 9.17) is 5.73 Å².